The minimum absolute atomic E-state index is 0.312. The standard InChI is InChI=1S/C10H10BrClO/c11-6-5-8-1-3-9(4-2-8)7-10(12)13/h1-4H,5-7H2. The Morgan fingerprint density at radius 1 is 1.23 bits per heavy atom. The monoisotopic (exact) mass is 260 g/mol. The Hall–Kier alpha value is -0.340. The van der Waals surface area contributed by atoms with Crippen molar-refractivity contribution >= 4 is 32.8 Å². The van der Waals surface area contributed by atoms with Crippen LogP contribution < -0.4 is 0 Å². The van der Waals surface area contributed by atoms with Gasteiger partial charge in [0, 0.05) is 11.8 Å². The van der Waals surface area contributed by atoms with Gasteiger partial charge in [-0.15, -0.1) is 0 Å². The molecule has 13 heavy (non-hydrogen) atoms. The van der Waals surface area contributed by atoms with Gasteiger partial charge in [0.05, 0.1) is 0 Å². The molecule has 0 aliphatic heterocycles. The molecule has 0 heterocycles. The van der Waals surface area contributed by atoms with Gasteiger partial charge in [0.25, 0.3) is 0 Å². The third-order valence-electron chi connectivity index (χ3n) is 1.75. The van der Waals surface area contributed by atoms with E-state index in [-0.39, 0.29) is 5.24 Å². The molecule has 1 nitrogen and oxygen atoms in total. The molecule has 1 aromatic rings. The fraction of sp³-hybridized carbons (Fsp3) is 0.300. The zero-order chi connectivity index (χ0) is 9.68. The normalized spacial score (nSPS) is 10.0. The van der Waals surface area contributed by atoms with E-state index in [2.05, 4.69) is 15.9 Å². The summed E-state index contributed by atoms with van der Waals surface area (Å²) in [6.07, 6.45) is 1.32. The third-order valence-corrected chi connectivity index (χ3v) is 2.28. The SMILES string of the molecule is O=C(Cl)Cc1ccc(CCBr)cc1. The molecule has 0 radical (unpaired) electrons. The van der Waals surface area contributed by atoms with Gasteiger partial charge >= 0.3 is 0 Å². The summed E-state index contributed by atoms with van der Waals surface area (Å²) in [5.74, 6) is 0. The second-order valence-corrected chi connectivity index (χ2v) is 4.00. The van der Waals surface area contributed by atoms with Gasteiger partial charge in [-0.1, -0.05) is 40.2 Å². The number of carbonyl (C=O) groups excluding carboxylic acids is 1. The van der Waals surface area contributed by atoms with Gasteiger partial charge in [0.1, 0.15) is 0 Å². The number of carbonyl (C=O) groups is 1. The van der Waals surface area contributed by atoms with Crippen molar-refractivity contribution in [1.29, 1.82) is 0 Å². The molecule has 0 saturated heterocycles. The topological polar surface area (TPSA) is 17.1 Å². The van der Waals surface area contributed by atoms with Crippen LogP contribution in [0.25, 0.3) is 0 Å². The highest BCUT2D eigenvalue weighted by Gasteiger charge is 1.99. The first-order valence-corrected chi connectivity index (χ1v) is 5.54. The number of hydrogen-bond acceptors (Lipinski definition) is 1. The van der Waals surface area contributed by atoms with E-state index >= 15 is 0 Å². The van der Waals surface area contributed by atoms with Gasteiger partial charge in [0.2, 0.25) is 5.24 Å². The maximum absolute atomic E-state index is 10.6. The lowest BCUT2D eigenvalue weighted by atomic mass is 10.1. The molecule has 0 fully saturated rings. The average molecular weight is 262 g/mol. The zero-order valence-corrected chi connectivity index (χ0v) is 9.44. The van der Waals surface area contributed by atoms with Gasteiger partial charge in [-0.05, 0) is 29.1 Å². The summed E-state index contributed by atoms with van der Waals surface area (Å²) >= 11 is 8.64. The lowest BCUT2D eigenvalue weighted by Gasteiger charge is -1.99. The van der Waals surface area contributed by atoms with Gasteiger partial charge in [-0.3, -0.25) is 4.79 Å². The summed E-state index contributed by atoms with van der Waals surface area (Å²) in [6.45, 7) is 0. The number of alkyl halides is 1. The summed E-state index contributed by atoms with van der Waals surface area (Å²) in [6, 6.07) is 7.93. The highest BCUT2D eigenvalue weighted by Crippen LogP contribution is 2.07. The van der Waals surface area contributed by atoms with E-state index in [0.29, 0.717) is 6.42 Å². The number of halogens is 2. The maximum Gasteiger partial charge on any atom is 0.226 e. The van der Waals surface area contributed by atoms with Crippen molar-refractivity contribution in [3.63, 3.8) is 0 Å². The van der Waals surface area contributed by atoms with Crippen molar-refractivity contribution in [3.05, 3.63) is 35.4 Å². The summed E-state index contributed by atoms with van der Waals surface area (Å²) in [7, 11) is 0. The first-order chi connectivity index (χ1) is 6.22. The van der Waals surface area contributed by atoms with Gasteiger partial charge < -0.3 is 0 Å². The minimum Gasteiger partial charge on any atom is -0.281 e. The molecule has 0 unspecified atom stereocenters. The number of hydrogen-bond donors (Lipinski definition) is 0. The zero-order valence-electron chi connectivity index (χ0n) is 7.09. The van der Waals surface area contributed by atoms with Crippen molar-refractivity contribution in [2.75, 3.05) is 5.33 Å². The Labute approximate surface area is 91.2 Å². The van der Waals surface area contributed by atoms with E-state index in [1.807, 2.05) is 24.3 Å². The van der Waals surface area contributed by atoms with Crippen LogP contribution in [0, 0.1) is 0 Å². The lowest BCUT2D eigenvalue weighted by molar-refractivity contribution is -0.111. The first kappa shape index (κ1) is 10.7. The van der Waals surface area contributed by atoms with E-state index < -0.39 is 0 Å². The van der Waals surface area contributed by atoms with Gasteiger partial charge in [-0.2, -0.15) is 0 Å². The van der Waals surface area contributed by atoms with Crippen LogP contribution in [-0.2, 0) is 17.6 Å². The molecular weight excluding hydrogens is 251 g/mol. The summed E-state index contributed by atoms with van der Waals surface area (Å²) in [4.78, 5) is 10.6. The van der Waals surface area contributed by atoms with Crippen LogP contribution in [0.5, 0.6) is 0 Å². The fourth-order valence-corrected chi connectivity index (χ4v) is 1.71. The molecule has 0 N–H and O–H groups in total. The quantitative estimate of drug-likeness (QED) is 0.602. The second-order valence-electron chi connectivity index (χ2n) is 2.79. The predicted molar refractivity (Wildman–Crippen MR) is 58.5 cm³/mol. The third kappa shape index (κ3) is 3.92. The van der Waals surface area contributed by atoms with E-state index in [1.54, 1.807) is 0 Å². The van der Waals surface area contributed by atoms with Crippen LogP contribution in [0.4, 0.5) is 0 Å². The van der Waals surface area contributed by atoms with E-state index in [1.165, 1.54) is 5.56 Å². The van der Waals surface area contributed by atoms with Crippen LogP contribution in [0.15, 0.2) is 24.3 Å². The predicted octanol–water partition coefficient (Wildman–Crippen LogP) is 2.93. The van der Waals surface area contributed by atoms with Gasteiger partial charge in [-0.25, -0.2) is 0 Å². The van der Waals surface area contributed by atoms with Crippen LogP contribution in [0.1, 0.15) is 11.1 Å². The summed E-state index contributed by atoms with van der Waals surface area (Å²) < 4.78 is 0. The molecule has 1 aromatic carbocycles. The molecular formula is C10H10BrClO. The Bertz CT molecular complexity index is 281. The first-order valence-electron chi connectivity index (χ1n) is 4.04. The smallest absolute Gasteiger partial charge is 0.226 e. The number of benzene rings is 1. The Balaban J connectivity index is 2.64. The molecule has 3 heteroatoms. The van der Waals surface area contributed by atoms with Crippen molar-refractivity contribution in [1.82, 2.24) is 0 Å². The summed E-state index contributed by atoms with van der Waals surface area (Å²) in [5.41, 5.74) is 2.24. The molecule has 0 aliphatic carbocycles. The number of rotatable bonds is 4. The molecule has 0 amide bonds. The molecule has 0 aliphatic rings. The van der Waals surface area contributed by atoms with Crippen LogP contribution in [0.3, 0.4) is 0 Å². The van der Waals surface area contributed by atoms with E-state index in [0.717, 1.165) is 17.3 Å². The van der Waals surface area contributed by atoms with Crippen molar-refractivity contribution < 1.29 is 4.79 Å². The summed E-state index contributed by atoms with van der Waals surface area (Å²) in [5, 5.41) is 0.647. The molecule has 0 bridgehead atoms. The largest absolute Gasteiger partial charge is 0.281 e. The number of aryl methyl sites for hydroxylation is 1. The fourth-order valence-electron chi connectivity index (χ4n) is 1.09. The molecule has 0 saturated carbocycles. The van der Waals surface area contributed by atoms with Crippen molar-refractivity contribution in [2.45, 2.75) is 12.8 Å². The Morgan fingerprint density at radius 2 is 1.77 bits per heavy atom. The lowest BCUT2D eigenvalue weighted by Crippen LogP contribution is -1.94. The second kappa shape index (κ2) is 5.40. The van der Waals surface area contributed by atoms with E-state index in [4.69, 9.17) is 11.6 Å². The molecule has 1 rings (SSSR count). The average Bonchev–Trinajstić information content (AvgIpc) is 2.08. The van der Waals surface area contributed by atoms with Crippen LogP contribution >= 0.6 is 27.5 Å². The molecule has 0 atom stereocenters. The minimum atomic E-state index is -0.312. The van der Waals surface area contributed by atoms with E-state index in [9.17, 15) is 4.79 Å². The van der Waals surface area contributed by atoms with Crippen molar-refractivity contribution in [2.24, 2.45) is 0 Å². The van der Waals surface area contributed by atoms with Crippen molar-refractivity contribution in [3.8, 4) is 0 Å². The molecule has 0 spiro atoms. The Kier molecular flexibility index (Phi) is 4.46. The maximum atomic E-state index is 10.6. The van der Waals surface area contributed by atoms with Crippen LogP contribution in [0.2, 0.25) is 0 Å². The highest BCUT2D eigenvalue weighted by molar-refractivity contribution is 9.09. The molecule has 0 aromatic heterocycles. The highest BCUT2D eigenvalue weighted by atomic mass is 79.9. The van der Waals surface area contributed by atoms with Crippen LogP contribution in [-0.4, -0.2) is 10.6 Å². The Morgan fingerprint density at radius 3 is 2.23 bits per heavy atom. The molecule has 70 valence electrons. The van der Waals surface area contributed by atoms with Gasteiger partial charge in [0.15, 0.2) is 0 Å².